The summed E-state index contributed by atoms with van der Waals surface area (Å²) in [6.45, 7) is 0. The summed E-state index contributed by atoms with van der Waals surface area (Å²) in [7, 11) is 0. The minimum Gasteiger partial charge on any atom is -0.479 e. The summed E-state index contributed by atoms with van der Waals surface area (Å²) in [5, 5.41) is 7.73. The molecule has 0 spiro atoms. The Bertz CT molecular complexity index is 536. The van der Waals surface area contributed by atoms with Gasteiger partial charge in [0.25, 0.3) is 0 Å². The number of carboxylic acids is 1. The number of pyridine rings is 1. The SMILES string of the molecule is NC(Cc1ccccn1)c1ccccc1.O=C(O)C(Cl)Cl. The van der Waals surface area contributed by atoms with Crippen molar-refractivity contribution >= 4 is 29.2 Å². The molecular formula is C15H16Cl2N2O2. The van der Waals surface area contributed by atoms with E-state index < -0.39 is 10.8 Å². The number of nitrogens with zero attached hydrogens (tertiary/aromatic N) is 1. The first-order chi connectivity index (χ1) is 10.0. The average molecular weight is 327 g/mol. The molecule has 21 heavy (non-hydrogen) atoms. The van der Waals surface area contributed by atoms with Crippen molar-refractivity contribution in [1.29, 1.82) is 0 Å². The molecule has 1 heterocycles. The number of aliphatic carboxylic acids is 1. The van der Waals surface area contributed by atoms with Gasteiger partial charge in [-0.15, -0.1) is 0 Å². The molecule has 0 radical (unpaired) electrons. The van der Waals surface area contributed by atoms with Gasteiger partial charge in [0.05, 0.1) is 0 Å². The lowest BCUT2D eigenvalue weighted by Crippen LogP contribution is -2.13. The molecule has 0 aliphatic heterocycles. The van der Waals surface area contributed by atoms with E-state index in [4.69, 9.17) is 34.0 Å². The molecule has 2 aromatic rings. The quantitative estimate of drug-likeness (QED) is 0.846. The maximum absolute atomic E-state index is 9.44. The Morgan fingerprint density at radius 1 is 1.14 bits per heavy atom. The van der Waals surface area contributed by atoms with Crippen LogP contribution >= 0.6 is 23.2 Å². The van der Waals surface area contributed by atoms with E-state index in [0.717, 1.165) is 17.7 Å². The van der Waals surface area contributed by atoms with E-state index in [1.807, 2.05) is 48.5 Å². The molecule has 0 fully saturated rings. The van der Waals surface area contributed by atoms with E-state index >= 15 is 0 Å². The summed E-state index contributed by atoms with van der Waals surface area (Å²) >= 11 is 9.56. The van der Waals surface area contributed by atoms with Crippen LogP contribution in [0.15, 0.2) is 54.7 Å². The van der Waals surface area contributed by atoms with Gasteiger partial charge >= 0.3 is 5.97 Å². The molecular weight excluding hydrogens is 311 g/mol. The van der Waals surface area contributed by atoms with E-state index in [2.05, 4.69) is 4.98 Å². The monoisotopic (exact) mass is 326 g/mol. The standard InChI is InChI=1S/C13H14N2.C2H2Cl2O2/c14-13(11-6-2-1-3-7-11)10-12-8-4-5-9-15-12;3-1(4)2(5)6/h1-9,13H,10,14H2;1H,(H,5,6). The van der Waals surface area contributed by atoms with Gasteiger partial charge in [-0.05, 0) is 17.7 Å². The van der Waals surface area contributed by atoms with Gasteiger partial charge < -0.3 is 10.8 Å². The van der Waals surface area contributed by atoms with Gasteiger partial charge in [0.2, 0.25) is 4.84 Å². The van der Waals surface area contributed by atoms with Crippen LogP contribution in [-0.2, 0) is 11.2 Å². The second kappa shape index (κ2) is 9.34. The Morgan fingerprint density at radius 3 is 2.19 bits per heavy atom. The lowest BCUT2D eigenvalue weighted by Gasteiger charge is -2.10. The fourth-order valence-corrected chi connectivity index (χ4v) is 1.56. The topological polar surface area (TPSA) is 76.2 Å². The van der Waals surface area contributed by atoms with Gasteiger partial charge in [0.15, 0.2) is 0 Å². The number of carbonyl (C=O) groups is 1. The minimum absolute atomic E-state index is 0.0288. The van der Waals surface area contributed by atoms with Crippen LogP contribution < -0.4 is 5.73 Å². The van der Waals surface area contributed by atoms with E-state index in [-0.39, 0.29) is 6.04 Å². The number of alkyl halides is 2. The van der Waals surface area contributed by atoms with Gasteiger partial charge in [0, 0.05) is 24.4 Å². The second-order valence-electron chi connectivity index (χ2n) is 4.18. The van der Waals surface area contributed by atoms with Crippen LogP contribution in [0.25, 0.3) is 0 Å². The summed E-state index contributed by atoms with van der Waals surface area (Å²) in [6, 6.07) is 16.0. The number of aromatic nitrogens is 1. The van der Waals surface area contributed by atoms with Crippen molar-refractivity contribution in [1.82, 2.24) is 4.98 Å². The lowest BCUT2D eigenvalue weighted by molar-refractivity contribution is -0.135. The molecule has 0 aliphatic carbocycles. The third-order valence-corrected chi connectivity index (χ3v) is 2.94. The zero-order valence-electron chi connectivity index (χ0n) is 11.2. The first kappa shape index (κ1) is 17.4. The molecule has 1 unspecified atom stereocenters. The van der Waals surface area contributed by atoms with Crippen molar-refractivity contribution in [2.45, 2.75) is 17.3 Å². The zero-order chi connectivity index (χ0) is 15.7. The highest BCUT2D eigenvalue weighted by Gasteiger charge is 2.06. The van der Waals surface area contributed by atoms with Crippen LogP contribution in [0.4, 0.5) is 0 Å². The average Bonchev–Trinajstić information content (AvgIpc) is 2.49. The summed E-state index contributed by atoms with van der Waals surface area (Å²) in [6.07, 6.45) is 2.58. The van der Waals surface area contributed by atoms with Crippen molar-refractivity contribution in [3.8, 4) is 0 Å². The molecule has 2 rings (SSSR count). The van der Waals surface area contributed by atoms with Gasteiger partial charge in [-0.3, -0.25) is 4.98 Å². The number of hydrogen-bond acceptors (Lipinski definition) is 3. The summed E-state index contributed by atoms with van der Waals surface area (Å²) < 4.78 is 0. The molecule has 0 saturated carbocycles. The Kier molecular flexibility index (Phi) is 7.75. The smallest absolute Gasteiger partial charge is 0.337 e. The largest absolute Gasteiger partial charge is 0.479 e. The van der Waals surface area contributed by atoms with Crippen LogP contribution in [0.2, 0.25) is 0 Å². The highest BCUT2D eigenvalue weighted by Crippen LogP contribution is 2.13. The van der Waals surface area contributed by atoms with Crippen molar-refractivity contribution in [3.63, 3.8) is 0 Å². The van der Waals surface area contributed by atoms with Gasteiger partial charge in [-0.2, -0.15) is 0 Å². The second-order valence-corrected chi connectivity index (χ2v) is 5.28. The Hall–Kier alpha value is -1.62. The van der Waals surface area contributed by atoms with Crippen LogP contribution in [0, 0.1) is 0 Å². The molecule has 4 nitrogen and oxygen atoms in total. The zero-order valence-corrected chi connectivity index (χ0v) is 12.7. The molecule has 1 aromatic carbocycles. The highest BCUT2D eigenvalue weighted by molar-refractivity contribution is 6.52. The van der Waals surface area contributed by atoms with Crippen LogP contribution in [0.1, 0.15) is 17.3 Å². The van der Waals surface area contributed by atoms with Crippen LogP contribution in [0.3, 0.4) is 0 Å². The van der Waals surface area contributed by atoms with Crippen molar-refractivity contribution in [3.05, 3.63) is 66.0 Å². The van der Waals surface area contributed by atoms with Crippen molar-refractivity contribution in [2.24, 2.45) is 5.73 Å². The molecule has 1 atom stereocenters. The summed E-state index contributed by atoms with van der Waals surface area (Å²) in [4.78, 5) is 12.4. The van der Waals surface area contributed by atoms with Gasteiger partial charge in [-0.25, -0.2) is 4.79 Å². The van der Waals surface area contributed by atoms with Crippen molar-refractivity contribution in [2.75, 3.05) is 0 Å². The Morgan fingerprint density at radius 2 is 1.71 bits per heavy atom. The maximum atomic E-state index is 9.44. The fraction of sp³-hybridized carbons (Fsp3) is 0.200. The number of nitrogens with two attached hydrogens (primary N) is 1. The fourth-order valence-electron chi connectivity index (χ4n) is 1.56. The van der Waals surface area contributed by atoms with Crippen LogP contribution in [0.5, 0.6) is 0 Å². The molecule has 0 bridgehead atoms. The van der Waals surface area contributed by atoms with Crippen molar-refractivity contribution < 1.29 is 9.90 Å². The van der Waals surface area contributed by atoms with E-state index in [9.17, 15) is 4.79 Å². The first-order valence-corrected chi connectivity index (χ1v) is 7.09. The summed E-state index contributed by atoms with van der Waals surface area (Å²) in [5.41, 5.74) is 8.28. The molecule has 6 heteroatoms. The first-order valence-electron chi connectivity index (χ1n) is 6.22. The minimum atomic E-state index is -1.29. The number of carboxylic acid groups (broad SMARTS) is 1. The molecule has 0 saturated heterocycles. The predicted molar refractivity (Wildman–Crippen MR) is 84.4 cm³/mol. The normalized spacial score (nSPS) is 11.4. The van der Waals surface area contributed by atoms with E-state index in [1.165, 1.54) is 0 Å². The van der Waals surface area contributed by atoms with Gasteiger partial charge in [-0.1, -0.05) is 59.6 Å². The maximum Gasteiger partial charge on any atom is 0.337 e. The predicted octanol–water partition coefficient (Wildman–Crippen LogP) is 3.20. The highest BCUT2D eigenvalue weighted by atomic mass is 35.5. The lowest BCUT2D eigenvalue weighted by atomic mass is 10.0. The molecule has 0 aliphatic rings. The molecule has 0 amide bonds. The van der Waals surface area contributed by atoms with Crippen LogP contribution in [-0.4, -0.2) is 20.9 Å². The van der Waals surface area contributed by atoms with Gasteiger partial charge in [0.1, 0.15) is 0 Å². The molecule has 112 valence electrons. The number of benzene rings is 1. The van der Waals surface area contributed by atoms with E-state index in [0.29, 0.717) is 0 Å². The third kappa shape index (κ3) is 7.09. The molecule has 3 N–H and O–H groups in total. The summed E-state index contributed by atoms with van der Waals surface area (Å²) in [5.74, 6) is -1.21. The Labute approximate surface area is 133 Å². The third-order valence-electron chi connectivity index (χ3n) is 2.57. The molecule has 1 aromatic heterocycles. The number of hydrogen-bond donors (Lipinski definition) is 2. The number of halogens is 2. The Balaban J connectivity index is 0.000000315. The number of rotatable bonds is 4. The van der Waals surface area contributed by atoms with E-state index in [1.54, 1.807) is 6.20 Å².